The summed E-state index contributed by atoms with van der Waals surface area (Å²) in [6, 6.07) is 1.81. The van der Waals surface area contributed by atoms with Crippen LogP contribution < -0.4 is 5.32 Å². The largest absolute Gasteiger partial charge is 0.478 e. The maximum atomic E-state index is 11.4. The van der Waals surface area contributed by atoms with Crippen molar-refractivity contribution in [3.8, 4) is 0 Å². The first kappa shape index (κ1) is 14.3. The van der Waals surface area contributed by atoms with Gasteiger partial charge in [-0.1, -0.05) is 0 Å². The van der Waals surface area contributed by atoms with Gasteiger partial charge in [-0.05, 0) is 63.2 Å². The average molecular weight is 289 g/mol. The van der Waals surface area contributed by atoms with Gasteiger partial charge in [0.2, 0.25) is 0 Å². The molecule has 2 N–H and O–H groups in total. The highest BCUT2D eigenvalue weighted by molar-refractivity contribution is 5.93. The van der Waals surface area contributed by atoms with Crippen molar-refractivity contribution in [3.63, 3.8) is 0 Å². The number of rotatable bonds is 4. The van der Waals surface area contributed by atoms with Crippen molar-refractivity contribution in [1.82, 2.24) is 9.88 Å². The molecule has 5 nitrogen and oxygen atoms in total. The first-order valence-corrected chi connectivity index (χ1v) is 7.82. The molecule has 0 amide bonds. The molecule has 0 bridgehead atoms. The zero-order valence-corrected chi connectivity index (χ0v) is 12.6. The van der Waals surface area contributed by atoms with Crippen molar-refractivity contribution in [2.75, 3.05) is 32.0 Å². The monoisotopic (exact) mass is 289 g/mol. The van der Waals surface area contributed by atoms with Crippen LogP contribution in [-0.2, 0) is 12.8 Å². The summed E-state index contributed by atoms with van der Waals surface area (Å²) in [5, 5.41) is 12.7. The molecule has 1 atom stereocenters. The van der Waals surface area contributed by atoms with E-state index < -0.39 is 5.97 Å². The molecule has 1 unspecified atom stereocenters. The molecular formula is C16H23N3O2. The molecule has 3 rings (SSSR count). The van der Waals surface area contributed by atoms with Gasteiger partial charge in [0.25, 0.3) is 0 Å². The highest BCUT2D eigenvalue weighted by atomic mass is 16.4. The molecule has 0 radical (unpaired) electrons. The summed E-state index contributed by atoms with van der Waals surface area (Å²) in [6.45, 7) is 3.03. The Balaban J connectivity index is 1.73. The van der Waals surface area contributed by atoms with Crippen molar-refractivity contribution in [3.05, 3.63) is 22.9 Å². The molecule has 1 aromatic heterocycles. The number of nitrogens with one attached hydrogen (secondary N) is 1. The van der Waals surface area contributed by atoms with Gasteiger partial charge >= 0.3 is 5.97 Å². The minimum absolute atomic E-state index is 0.319. The van der Waals surface area contributed by atoms with Gasteiger partial charge < -0.3 is 15.3 Å². The quantitative estimate of drug-likeness (QED) is 0.888. The van der Waals surface area contributed by atoms with E-state index in [1.54, 1.807) is 0 Å². The zero-order chi connectivity index (χ0) is 14.8. The van der Waals surface area contributed by atoms with E-state index in [2.05, 4.69) is 22.2 Å². The lowest BCUT2D eigenvalue weighted by molar-refractivity contribution is 0.0697. The van der Waals surface area contributed by atoms with Crippen LogP contribution in [0.4, 0.5) is 5.82 Å². The maximum absolute atomic E-state index is 11.4. The number of hydrogen-bond acceptors (Lipinski definition) is 4. The number of fused-ring (bicyclic) bond motifs is 1. The minimum atomic E-state index is -0.888. The molecule has 21 heavy (non-hydrogen) atoms. The number of aromatic nitrogens is 1. The molecule has 1 fully saturated rings. The number of likely N-dealkylation sites (tertiary alicyclic amines) is 1. The maximum Gasteiger partial charge on any atom is 0.339 e. The van der Waals surface area contributed by atoms with Crippen LogP contribution in [0, 0.1) is 5.92 Å². The van der Waals surface area contributed by atoms with Gasteiger partial charge in [0.05, 0.1) is 0 Å². The predicted octanol–water partition coefficient (Wildman–Crippen LogP) is 2.02. The molecule has 2 heterocycles. The van der Waals surface area contributed by atoms with Crippen LogP contribution in [0.15, 0.2) is 6.07 Å². The Bertz CT molecular complexity index is 545. The van der Waals surface area contributed by atoms with E-state index in [1.165, 1.54) is 12.8 Å². The first-order valence-electron chi connectivity index (χ1n) is 7.82. The van der Waals surface area contributed by atoms with Gasteiger partial charge in [0.15, 0.2) is 0 Å². The summed E-state index contributed by atoms with van der Waals surface area (Å²) in [5.74, 6) is 0.234. The molecule has 1 aromatic rings. The molecule has 5 heteroatoms. The van der Waals surface area contributed by atoms with E-state index in [0.29, 0.717) is 17.3 Å². The van der Waals surface area contributed by atoms with E-state index >= 15 is 0 Å². The predicted molar refractivity (Wildman–Crippen MR) is 81.9 cm³/mol. The third-order valence-electron chi connectivity index (χ3n) is 4.56. The van der Waals surface area contributed by atoms with Gasteiger partial charge in [-0.3, -0.25) is 0 Å². The van der Waals surface area contributed by atoms with Gasteiger partial charge in [-0.15, -0.1) is 0 Å². The van der Waals surface area contributed by atoms with Crippen LogP contribution in [0.1, 0.15) is 40.9 Å². The van der Waals surface area contributed by atoms with Gasteiger partial charge in [-0.25, -0.2) is 9.78 Å². The second-order valence-electron chi connectivity index (χ2n) is 6.30. The third-order valence-corrected chi connectivity index (χ3v) is 4.56. The van der Waals surface area contributed by atoms with E-state index in [9.17, 15) is 9.90 Å². The molecule has 1 aliphatic heterocycles. The number of carboxylic acid groups (broad SMARTS) is 1. The molecule has 0 saturated carbocycles. The van der Waals surface area contributed by atoms with Crippen LogP contribution in [0.25, 0.3) is 0 Å². The third kappa shape index (κ3) is 3.18. The lowest BCUT2D eigenvalue weighted by Gasteiger charge is -2.30. The smallest absolute Gasteiger partial charge is 0.339 e. The van der Waals surface area contributed by atoms with Gasteiger partial charge in [0, 0.05) is 18.8 Å². The van der Waals surface area contributed by atoms with Crippen molar-refractivity contribution in [2.24, 2.45) is 5.92 Å². The van der Waals surface area contributed by atoms with Crippen LogP contribution in [0.2, 0.25) is 0 Å². The highest BCUT2D eigenvalue weighted by Gasteiger charge is 2.22. The second-order valence-corrected chi connectivity index (χ2v) is 6.30. The number of aromatic carboxylic acids is 1. The number of aryl methyl sites for hydroxylation is 2. The van der Waals surface area contributed by atoms with E-state index in [0.717, 1.165) is 50.2 Å². The molecule has 1 saturated heterocycles. The number of carboxylic acids is 1. The standard InChI is InChI=1S/C16H23N3O2/c1-19-7-3-4-11(10-19)9-17-15-13(16(20)21)8-12-5-2-6-14(12)18-15/h8,11H,2-7,9-10H2,1H3,(H,17,18)(H,20,21). The number of nitrogens with zero attached hydrogens (tertiary/aromatic N) is 2. The number of hydrogen-bond donors (Lipinski definition) is 2. The SMILES string of the molecule is CN1CCCC(CNc2nc3c(cc2C(=O)O)CCC3)C1. The van der Waals surface area contributed by atoms with Crippen molar-refractivity contribution in [1.29, 1.82) is 0 Å². The summed E-state index contributed by atoms with van der Waals surface area (Å²) in [7, 11) is 2.14. The molecule has 2 aliphatic rings. The Morgan fingerprint density at radius 3 is 3.10 bits per heavy atom. The molecule has 0 aromatic carbocycles. The Labute approximate surface area is 125 Å². The fourth-order valence-electron chi connectivity index (χ4n) is 3.45. The topological polar surface area (TPSA) is 65.5 Å². The highest BCUT2D eigenvalue weighted by Crippen LogP contribution is 2.26. The summed E-state index contributed by atoms with van der Waals surface area (Å²) in [5.41, 5.74) is 2.50. The summed E-state index contributed by atoms with van der Waals surface area (Å²) in [4.78, 5) is 18.3. The minimum Gasteiger partial charge on any atom is -0.478 e. The molecule has 114 valence electrons. The van der Waals surface area contributed by atoms with Crippen LogP contribution in [0.5, 0.6) is 0 Å². The van der Waals surface area contributed by atoms with Crippen molar-refractivity contribution < 1.29 is 9.90 Å². The number of anilines is 1. The Hall–Kier alpha value is -1.62. The van der Waals surface area contributed by atoms with Crippen LogP contribution in [-0.4, -0.2) is 47.6 Å². The lowest BCUT2D eigenvalue weighted by Crippen LogP contribution is -2.35. The fourth-order valence-corrected chi connectivity index (χ4v) is 3.45. The Kier molecular flexibility index (Phi) is 4.10. The summed E-state index contributed by atoms with van der Waals surface area (Å²) >= 11 is 0. The Morgan fingerprint density at radius 1 is 1.48 bits per heavy atom. The van der Waals surface area contributed by atoms with Crippen molar-refractivity contribution >= 4 is 11.8 Å². The number of piperidine rings is 1. The molecule has 1 aliphatic carbocycles. The first-order chi connectivity index (χ1) is 10.1. The number of carbonyl (C=O) groups is 1. The van der Waals surface area contributed by atoms with Gasteiger partial charge in [0.1, 0.15) is 11.4 Å². The van der Waals surface area contributed by atoms with E-state index in [-0.39, 0.29) is 0 Å². The Morgan fingerprint density at radius 2 is 2.33 bits per heavy atom. The molecular weight excluding hydrogens is 266 g/mol. The lowest BCUT2D eigenvalue weighted by atomic mass is 9.98. The van der Waals surface area contributed by atoms with E-state index in [1.807, 2.05) is 6.07 Å². The zero-order valence-electron chi connectivity index (χ0n) is 12.6. The van der Waals surface area contributed by atoms with Gasteiger partial charge in [-0.2, -0.15) is 0 Å². The van der Waals surface area contributed by atoms with E-state index in [4.69, 9.17) is 0 Å². The van der Waals surface area contributed by atoms with Crippen LogP contribution in [0.3, 0.4) is 0 Å². The van der Waals surface area contributed by atoms with Crippen molar-refractivity contribution in [2.45, 2.75) is 32.1 Å². The summed E-state index contributed by atoms with van der Waals surface area (Å²) in [6.07, 6.45) is 5.42. The number of pyridine rings is 1. The molecule has 0 spiro atoms. The normalized spacial score (nSPS) is 22.0. The average Bonchev–Trinajstić information content (AvgIpc) is 2.91. The second kappa shape index (κ2) is 6.02. The summed E-state index contributed by atoms with van der Waals surface area (Å²) < 4.78 is 0. The van der Waals surface area contributed by atoms with Crippen LogP contribution >= 0.6 is 0 Å². The fraction of sp³-hybridized carbons (Fsp3) is 0.625.